The van der Waals surface area contributed by atoms with Crippen LogP contribution in [-0.4, -0.2) is 63.5 Å². The zero-order valence-corrected chi connectivity index (χ0v) is 10.3. The van der Waals surface area contributed by atoms with Crippen LogP contribution in [-0.2, 0) is 9.47 Å². The SMILES string of the molecule is CN(CC1CNCCO1)C1CCCOCC1. The van der Waals surface area contributed by atoms with Gasteiger partial charge in [-0.05, 0) is 26.3 Å². The second-order valence-corrected chi connectivity index (χ2v) is 4.83. The number of likely N-dealkylation sites (N-methyl/N-ethyl adjacent to an activating group) is 1. The van der Waals surface area contributed by atoms with Gasteiger partial charge in [0.05, 0.1) is 12.7 Å². The molecule has 0 aromatic carbocycles. The summed E-state index contributed by atoms with van der Waals surface area (Å²) < 4.78 is 11.2. The first-order valence-corrected chi connectivity index (χ1v) is 6.46. The first kappa shape index (κ1) is 12.3. The molecule has 0 bridgehead atoms. The molecule has 0 spiro atoms. The molecule has 2 rings (SSSR count). The van der Waals surface area contributed by atoms with E-state index in [0.717, 1.165) is 45.9 Å². The highest BCUT2D eigenvalue weighted by atomic mass is 16.5. The maximum Gasteiger partial charge on any atom is 0.0826 e. The standard InChI is InChI=1S/C12H24N2O2/c1-14(10-12-9-13-5-8-16-12)11-3-2-6-15-7-4-11/h11-13H,2-10H2,1H3. The van der Waals surface area contributed by atoms with E-state index >= 15 is 0 Å². The lowest BCUT2D eigenvalue weighted by atomic mass is 10.1. The lowest BCUT2D eigenvalue weighted by Gasteiger charge is -2.32. The molecule has 0 aliphatic carbocycles. The van der Waals surface area contributed by atoms with Crippen molar-refractivity contribution in [1.29, 1.82) is 0 Å². The van der Waals surface area contributed by atoms with Crippen LogP contribution in [0.1, 0.15) is 19.3 Å². The first-order chi connectivity index (χ1) is 7.86. The van der Waals surface area contributed by atoms with Crippen LogP contribution in [0.15, 0.2) is 0 Å². The summed E-state index contributed by atoms with van der Waals surface area (Å²) in [6.07, 6.45) is 3.98. The van der Waals surface area contributed by atoms with Crippen molar-refractivity contribution in [3.63, 3.8) is 0 Å². The summed E-state index contributed by atoms with van der Waals surface area (Å²) in [6.45, 7) is 5.74. The molecule has 0 aromatic heterocycles. The largest absolute Gasteiger partial charge is 0.381 e. The molecule has 2 fully saturated rings. The monoisotopic (exact) mass is 228 g/mol. The molecule has 0 amide bonds. The maximum absolute atomic E-state index is 5.74. The molecule has 2 atom stereocenters. The molecule has 1 N–H and O–H groups in total. The van der Waals surface area contributed by atoms with Crippen molar-refractivity contribution in [1.82, 2.24) is 10.2 Å². The summed E-state index contributed by atoms with van der Waals surface area (Å²) in [5, 5.41) is 3.38. The molecule has 0 radical (unpaired) electrons. The van der Waals surface area contributed by atoms with Crippen molar-refractivity contribution < 1.29 is 9.47 Å². The Balaban J connectivity index is 1.74. The Kier molecular flexibility index (Phi) is 5.03. The Labute approximate surface area is 98.3 Å². The molecule has 2 unspecified atom stereocenters. The zero-order chi connectivity index (χ0) is 11.2. The van der Waals surface area contributed by atoms with Gasteiger partial charge in [0.1, 0.15) is 0 Å². The lowest BCUT2D eigenvalue weighted by molar-refractivity contribution is 0.00116. The average Bonchev–Trinajstić information content (AvgIpc) is 2.59. The van der Waals surface area contributed by atoms with E-state index in [-0.39, 0.29) is 0 Å². The third-order valence-corrected chi connectivity index (χ3v) is 3.54. The normalized spacial score (nSPS) is 32.6. The van der Waals surface area contributed by atoms with Crippen LogP contribution in [0.3, 0.4) is 0 Å². The fraction of sp³-hybridized carbons (Fsp3) is 1.00. The number of hydrogen-bond acceptors (Lipinski definition) is 4. The number of morpholine rings is 1. The van der Waals surface area contributed by atoms with Crippen LogP contribution < -0.4 is 5.32 Å². The van der Waals surface area contributed by atoms with Crippen molar-refractivity contribution in [3.05, 3.63) is 0 Å². The van der Waals surface area contributed by atoms with Crippen LogP contribution in [0.5, 0.6) is 0 Å². The molecule has 0 aromatic rings. The van der Waals surface area contributed by atoms with Crippen LogP contribution >= 0.6 is 0 Å². The second kappa shape index (κ2) is 6.55. The van der Waals surface area contributed by atoms with Gasteiger partial charge in [-0.1, -0.05) is 0 Å². The van der Waals surface area contributed by atoms with E-state index in [9.17, 15) is 0 Å². The van der Waals surface area contributed by atoms with Crippen molar-refractivity contribution in [3.8, 4) is 0 Å². The van der Waals surface area contributed by atoms with Crippen LogP contribution in [0.25, 0.3) is 0 Å². The summed E-state index contributed by atoms with van der Waals surface area (Å²) >= 11 is 0. The van der Waals surface area contributed by atoms with Crippen LogP contribution in [0.2, 0.25) is 0 Å². The topological polar surface area (TPSA) is 33.7 Å². The van der Waals surface area contributed by atoms with Crippen molar-refractivity contribution in [2.75, 3.05) is 46.5 Å². The minimum Gasteiger partial charge on any atom is -0.381 e. The van der Waals surface area contributed by atoms with E-state index in [4.69, 9.17) is 9.47 Å². The van der Waals surface area contributed by atoms with E-state index in [1.54, 1.807) is 0 Å². The average molecular weight is 228 g/mol. The van der Waals surface area contributed by atoms with Crippen molar-refractivity contribution in [2.45, 2.75) is 31.4 Å². The van der Waals surface area contributed by atoms with Gasteiger partial charge >= 0.3 is 0 Å². The highest BCUT2D eigenvalue weighted by Crippen LogP contribution is 2.14. The Morgan fingerprint density at radius 2 is 2.19 bits per heavy atom. The van der Waals surface area contributed by atoms with Crippen LogP contribution in [0.4, 0.5) is 0 Å². The Morgan fingerprint density at radius 3 is 3.00 bits per heavy atom. The zero-order valence-electron chi connectivity index (χ0n) is 10.3. The summed E-state index contributed by atoms with van der Waals surface area (Å²) in [5.74, 6) is 0. The van der Waals surface area contributed by atoms with Gasteiger partial charge in [-0.15, -0.1) is 0 Å². The van der Waals surface area contributed by atoms with Gasteiger partial charge in [-0.2, -0.15) is 0 Å². The predicted molar refractivity (Wildman–Crippen MR) is 63.7 cm³/mol. The number of nitrogens with one attached hydrogen (secondary N) is 1. The van der Waals surface area contributed by atoms with Gasteiger partial charge in [-0.3, -0.25) is 0 Å². The quantitative estimate of drug-likeness (QED) is 0.761. The molecule has 16 heavy (non-hydrogen) atoms. The van der Waals surface area contributed by atoms with Crippen molar-refractivity contribution in [2.24, 2.45) is 0 Å². The van der Waals surface area contributed by atoms with E-state index in [2.05, 4.69) is 17.3 Å². The first-order valence-electron chi connectivity index (χ1n) is 6.46. The van der Waals surface area contributed by atoms with Gasteiger partial charge in [0, 0.05) is 38.9 Å². The van der Waals surface area contributed by atoms with Gasteiger partial charge in [0.2, 0.25) is 0 Å². The number of ether oxygens (including phenoxy) is 2. The number of hydrogen-bond donors (Lipinski definition) is 1. The van der Waals surface area contributed by atoms with Crippen molar-refractivity contribution >= 4 is 0 Å². The maximum atomic E-state index is 5.74. The molecule has 2 aliphatic rings. The molecule has 4 nitrogen and oxygen atoms in total. The fourth-order valence-electron chi connectivity index (χ4n) is 2.53. The summed E-state index contributed by atoms with van der Waals surface area (Å²) in [6, 6.07) is 0.674. The van der Waals surface area contributed by atoms with Gasteiger partial charge < -0.3 is 19.7 Å². The molecular weight excluding hydrogens is 204 g/mol. The summed E-state index contributed by atoms with van der Waals surface area (Å²) in [5.41, 5.74) is 0. The molecular formula is C12H24N2O2. The van der Waals surface area contributed by atoms with Gasteiger partial charge in [0.25, 0.3) is 0 Å². The number of nitrogens with zero attached hydrogens (tertiary/aromatic N) is 1. The minimum atomic E-state index is 0.364. The van der Waals surface area contributed by atoms with E-state index in [0.29, 0.717) is 12.1 Å². The Morgan fingerprint density at radius 1 is 1.25 bits per heavy atom. The number of rotatable bonds is 3. The Bertz CT molecular complexity index is 187. The van der Waals surface area contributed by atoms with E-state index in [1.165, 1.54) is 12.8 Å². The summed E-state index contributed by atoms with van der Waals surface area (Å²) in [4.78, 5) is 2.45. The van der Waals surface area contributed by atoms with E-state index < -0.39 is 0 Å². The van der Waals surface area contributed by atoms with Crippen LogP contribution in [0, 0.1) is 0 Å². The minimum absolute atomic E-state index is 0.364. The molecule has 0 saturated carbocycles. The Hall–Kier alpha value is -0.160. The van der Waals surface area contributed by atoms with Gasteiger partial charge in [0.15, 0.2) is 0 Å². The highest BCUT2D eigenvalue weighted by Gasteiger charge is 2.21. The second-order valence-electron chi connectivity index (χ2n) is 4.83. The van der Waals surface area contributed by atoms with E-state index in [1.807, 2.05) is 0 Å². The summed E-state index contributed by atoms with van der Waals surface area (Å²) in [7, 11) is 2.22. The molecule has 2 aliphatic heterocycles. The smallest absolute Gasteiger partial charge is 0.0826 e. The third-order valence-electron chi connectivity index (χ3n) is 3.54. The highest BCUT2D eigenvalue weighted by molar-refractivity contribution is 4.76. The fourth-order valence-corrected chi connectivity index (χ4v) is 2.53. The molecule has 94 valence electrons. The van der Waals surface area contributed by atoms with Gasteiger partial charge in [-0.25, -0.2) is 0 Å². The third kappa shape index (κ3) is 3.70. The molecule has 2 saturated heterocycles. The lowest BCUT2D eigenvalue weighted by Crippen LogP contribution is -2.46. The molecule has 2 heterocycles. The predicted octanol–water partition coefficient (Wildman–Crippen LogP) is 0.476. The molecule has 4 heteroatoms.